The van der Waals surface area contributed by atoms with E-state index in [0.29, 0.717) is 12.0 Å². The second kappa shape index (κ2) is 5.53. The quantitative estimate of drug-likeness (QED) is 0.791. The minimum Gasteiger partial charge on any atom is -0.294 e. The summed E-state index contributed by atoms with van der Waals surface area (Å²) in [7, 11) is 0. The van der Waals surface area contributed by atoms with E-state index in [9.17, 15) is 14.0 Å². The smallest absolute Gasteiger partial charge is 0.173 e. The van der Waals surface area contributed by atoms with Gasteiger partial charge in [0.1, 0.15) is 5.82 Å². The Labute approximate surface area is 118 Å². The molecule has 0 spiro atoms. The van der Waals surface area contributed by atoms with Crippen LogP contribution < -0.4 is 0 Å². The molecule has 0 fully saturated rings. The summed E-state index contributed by atoms with van der Waals surface area (Å²) < 4.78 is 13.7. The molecule has 2 nitrogen and oxygen atoms in total. The molecule has 0 N–H and O–H groups in total. The Kier molecular flexibility index (Phi) is 3.98. The van der Waals surface area contributed by atoms with E-state index in [1.54, 1.807) is 25.2 Å². The minimum absolute atomic E-state index is 0.182. The van der Waals surface area contributed by atoms with E-state index in [1.165, 1.54) is 13.0 Å². The van der Waals surface area contributed by atoms with Gasteiger partial charge in [-0.25, -0.2) is 4.39 Å². The number of hydrogen-bond acceptors (Lipinski definition) is 2. The number of hydrogen-bond donors (Lipinski definition) is 0. The summed E-state index contributed by atoms with van der Waals surface area (Å²) in [6, 6.07) is 3.36. The Morgan fingerprint density at radius 3 is 2.60 bits per heavy atom. The van der Waals surface area contributed by atoms with E-state index in [2.05, 4.69) is 0 Å². The maximum atomic E-state index is 13.7. The highest BCUT2D eigenvalue weighted by atomic mass is 19.1. The average molecular weight is 272 g/mol. The molecule has 0 saturated carbocycles. The Balaban J connectivity index is 2.24. The van der Waals surface area contributed by atoms with E-state index in [-0.39, 0.29) is 28.9 Å². The van der Waals surface area contributed by atoms with Gasteiger partial charge in [0.25, 0.3) is 0 Å². The second-order valence-electron chi connectivity index (χ2n) is 5.22. The molecule has 0 heterocycles. The van der Waals surface area contributed by atoms with Gasteiger partial charge in [0.2, 0.25) is 0 Å². The number of carbonyl (C=O) groups excluding carboxylic acids is 2. The van der Waals surface area contributed by atoms with E-state index >= 15 is 0 Å². The fourth-order valence-corrected chi connectivity index (χ4v) is 2.37. The molecule has 1 aliphatic rings. The first-order chi connectivity index (χ1) is 9.40. The molecule has 1 atom stereocenters. The van der Waals surface area contributed by atoms with Gasteiger partial charge in [-0.15, -0.1) is 0 Å². The summed E-state index contributed by atoms with van der Waals surface area (Å²) in [5.41, 5.74) is 2.50. The molecule has 0 aromatic heterocycles. The van der Waals surface area contributed by atoms with Crippen molar-refractivity contribution in [1.29, 1.82) is 0 Å². The number of allylic oxidation sites excluding steroid dienone is 4. The van der Waals surface area contributed by atoms with Crippen molar-refractivity contribution in [2.24, 2.45) is 5.92 Å². The van der Waals surface area contributed by atoms with E-state index in [0.717, 1.165) is 11.1 Å². The van der Waals surface area contributed by atoms with Crippen LogP contribution in [0.3, 0.4) is 0 Å². The molecule has 0 amide bonds. The number of carbonyl (C=O) groups is 2. The number of benzene rings is 1. The monoisotopic (exact) mass is 272 g/mol. The fraction of sp³-hybridized carbons (Fsp3) is 0.294. The summed E-state index contributed by atoms with van der Waals surface area (Å²) in [6.07, 6.45) is 5.45. The summed E-state index contributed by atoms with van der Waals surface area (Å²) in [5, 5.41) is 0. The first-order valence-electron chi connectivity index (χ1n) is 6.59. The molecule has 20 heavy (non-hydrogen) atoms. The Morgan fingerprint density at radius 1 is 1.30 bits per heavy atom. The topological polar surface area (TPSA) is 34.1 Å². The van der Waals surface area contributed by atoms with Crippen molar-refractivity contribution in [3.63, 3.8) is 0 Å². The van der Waals surface area contributed by atoms with Crippen molar-refractivity contribution >= 4 is 11.6 Å². The number of aryl methyl sites for hydroxylation is 1. The first kappa shape index (κ1) is 14.4. The summed E-state index contributed by atoms with van der Waals surface area (Å²) in [6.45, 7) is 4.97. The third kappa shape index (κ3) is 2.77. The van der Waals surface area contributed by atoms with Crippen LogP contribution >= 0.6 is 0 Å². The maximum absolute atomic E-state index is 13.7. The Hall–Kier alpha value is -2.03. The highest BCUT2D eigenvalue weighted by Gasteiger charge is 2.25. The van der Waals surface area contributed by atoms with Gasteiger partial charge < -0.3 is 0 Å². The standard InChI is InChI=1S/C17H17FO2/c1-10-7-13(9-16(18)11(10)2)8-14-5-4-6-15(12(3)19)17(14)20/h4-7,9,14H,8H2,1-3H3. The molecule has 1 aromatic rings. The SMILES string of the molecule is CC(=O)C1=CC=CC(Cc2cc(C)c(C)c(F)c2)C1=O. The van der Waals surface area contributed by atoms with Crippen LogP contribution in [0.25, 0.3) is 0 Å². The van der Waals surface area contributed by atoms with Crippen molar-refractivity contribution in [3.8, 4) is 0 Å². The minimum atomic E-state index is -0.389. The van der Waals surface area contributed by atoms with E-state index < -0.39 is 0 Å². The van der Waals surface area contributed by atoms with Gasteiger partial charge in [0.15, 0.2) is 11.6 Å². The number of ketones is 2. The molecule has 0 bridgehead atoms. The zero-order valence-electron chi connectivity index (χ0n) is 11.9. The molecule has 104 valence electrons. The zero-order chi connectivity index (χ0) is 14.9. The molecule has 1 unspecified atom stereocenters. The van der Waals surface area contributed by atoms with Crippen molar-refractivity contribution in [2.75, 3.05) is 0 Å². The third-order valence-corrected chi connectivity index (χ3v) is 3.71. The van der Waals surface area contributed by atoms with Crippen LogP contribution in [0.2, 0.25) is 0 Å². The van der Waals surface area contributed by atoms with Crippen LogP contribution in [0.1, 0.15) is 23.6 Å². The van der Waals surface area contributed by atoms with Crippen molar-refractivity contribution in [1.82, 2.24) is 0 Å². The highest BCUT2D eigenvalue weighted by molar-refractivity contribution is 6.21. The lowest BCUT2D eigenvalue weighted by Gasteiger charge is -2.16. The fourth-order valence-electron chi connectivity index (χ4n) is 2.37. The molecule has 3 heteroatoms. The van der Waals surface area contributed by atoms with Crippen LogP contribution in [-0.2, 0) is 16.0 Å². The number of rotatable bonds is 3. The van der Waals surface area contributed by atoms with Gasteiger partial charge in [-0.1, -0.05) is 18.2 Å². The molecular weight excluding hydrogens is 255 g/mol. The molecular formula is C17H17FO2. The van der Waals surface area contributed by atoms with Crippen molar-refractivity contribution in [3.05, 3.63) is 58.4 Å². The van der Waals surface area contributed by atoms with Gasteiger partial charge in [-0.05, 0) is 56.0 Å². The van der Waals surface area contributed by atoms with Gasteiger partial charge >= 0.3 is 0 Å². The molecule has 1 aromatic carbocycles. The molecule has 2 rings (SSSR count). The Bertz CT molecular complexity index is 615. The van der Waals surface area contributed by atoms with Crippen LogP contribution in [0.5, 0.6) is 0 Å². The molecule has 0 radical (unpaired) electrons. The summed E-state index contributed by atoms with van der Waals surface area (Å²) in [5.74, 6) is -1.05. The van der Waals surface area contributed by atoms with Crippen LogP contribution in [-0.4, -0.2) is 11.6 Å². The van der Waals surface area contributed by atoms with Crippen molar-refractivity contribution < 1.29 is 14.0 Å². The first-order valence-corrected chi connectivity index (χ1v) is 6.59. The van der Waals surface area contributed by atoms with Crippen molar-refractivity contribution in [2.45, 2.75) is 27.2 Å². The van der Waals surface area contributed by atoms with Crippen LogP contribution in [0.15, 0.2) is 35.9 Å². The second-order valence-corrected chi connectivity index (χ2v) is 5.22. The lowest BCUT2D eigenvalue weighted by atomic mass is 9.86. The van der Waals surface area contributed by atoms with Gasteiger partial charge in [-0.2, -0.15) is 0 Å². The predicted octanol–water partition coefficient (Wildman–Crippen LogP) is 3.26. The largest absolute Gasteiger partial charge is 0.294 e. The Morgan fingerprint density at radius 2 is 2.00 bits per heavy atom. The normalized spacial score (nSPS) is 18.1. The van der Waals surface area contributed by atoms with Gasteiger partial charge in [0, 0.05) is 5.92 Å². The van der Waals surface area contributed by atoms with Gasteiger partial charge in [0.05, 0.1) is 5.57 Å². The lowest BCUT2D eigenvalue weighted by molar-refractivity contribution is -0.122. The summed E-state index contributed by atoms with van der Waals surface area (Å²) in [4.78, 5) is 23.6. The zero-order valence-corrected chi connectivity index (χ0v) is 11.9. The van der Waals surface area contributed by atoms with E-state index in [1.807, 2.05) is 13.0 Å². The van der Waals surface area contributed by atoms with E-state index in [4.69, 9.17) is 0 Å². The molecule has 0 saturated heterocycles. The average Bonchev–Trinajstić information content (AvgIpc) is 2.38. The highest BCUT2D eigenvalue weighted by Crippen LogP contribution is 2.22. The lowest BCUT2D eigenvalue weighted by Crippen LogP contribution is -2.23. The number of halogens is 1. The number of Topliss-reactive ketones (excluding diaryl/α,β-unsaturated/α-hetero) is 2. The molecule has 1 aliphatic carbocycles. The maximum Gasteiger partial charge on any atom is 0.173 e. The summed E-state index contributed by atoms with van der Waals surface area (Å²) >= 11 is 0. The van der Waals surface area contributed by atoms with Crippen LogP contribution in [0, 0.1) is 25.6 Å². The third-order valence-electron chi connectivity index (χ3n) is 3.71. The predicted molar refractivity (Wildman–Crippen MR) is 76.0 cm³/mol. The van der Waals surface area contributed by atoms with Gasteiger partial charge in [-0.3, -0.25) is 9.59 Å². The van der Waals surface area contributed by atoms with Crippen LogP contribution in [0.4, 0.5) is 4.39 Å². The molecule has 0 aliphatic heterocycles.